The molecular formula is C19H24N2O3. The van der Waals surface area contributed by atoms with Crippen molar-refractivity contribution in [1.82, 2.24) is 10.2 Å². The van der Waals surface area contributed by atoms with Gasteiger partial charge in [0, 0.05) is 24.7 Å². The van der Waals surface area contributed by atoms with Gasteiger partial charge < -0.3 is 14.8 Å². The van der Waals surface area contributed by atoms with Crippen molar-refractivity contribution in [2.24, 2.45) is 0 Å². The first-order chi connectivity index (χ1) is 11.7. The third-order valence-corrected chi connectivity index (χ3v) is 5.35. The van der Waals surface area contributed by atoms with Crippen molar-refractivity contribution in [3.05, 3.63) is 35.9 Å². The van der Waals surface area contributed by atoms with Crippen molar-refractivity contribution in [1.29, 1.82) is 0 Å². The summed E-state index contributed by atoms with van der Waals surface area (Å²) in [4.78, 5) is 14.4. The molecule has 0 radical (unpaired) electrons. The standard InChI is InChI=1S/C19H24N2O3/c1-2-3-19(22)20-14-9-15-5-6-16(10-14)21(15)11-13-4-7-17-18(8-13)24-12-23-17/h2-4,7-8,14-16H,5-6,9-12H2,1H3,(H,20,22)/b3-2+. The zero-order valence-electron chi connectivity index (χ0n) is 14.0. The molecule has 3 aliphatic rings. The van der Waals surface area contributed by atoms with E-state index < -0.39 is 0 Å². The van der Waals surface area contributed by atoms with Gasteiger partial charge in [-0.25, -0.2) is 0 Å². The summed E-state index contributed by atoms with van der Waals surface area (Å²) in [6.45, 7) is 3.14. The van der Waals surface area contributed by atoms with Crippen LogP contribution in [0.25, 0.3) is 0 Å². The SMILES string of the molecule is C/C=C/C(=O)NC1CC2CCC(C1)N2Cc1ccc2c(c1)OCO2. The van der Waals surface area contributed by atoms with E-state index in [-0.39, 0.29) is 5.91 Å². The molecule has 2 bridgehead atoms. The van der Waals surface area contributed by atoms with E-state index in [4.69, 9.17) is 9.47 Å². The Labute approximate surface area is 142 Å². The minimum atomic E-state index is 0.0334. The van der Waals surface area contributed by atoms with Gasteiger partial charge in [-0.05, 0) is 56.4 Å². The molecule has 24 heavy (non-hydrogen) atoms. The summed E-state index contributed by atoms with van der Waals surface area (Å²) < 4.78 is 10.9. The van der Waals surface area contributed by atoms with Crippen molar-refractivity contribution in [3.8, 4) is 11.5 Å². The van der Waals surface area contributed by atoms with Crippen molar-refractivity contribution in [2.45, 2.75) is 57.3 Å². The molecule has 1 amide bonds. The predicted molar refractivity (Wildman–Crippen MR) is 90.9 cm³/mol. The van der Waals surface area contributed by atoms with E-state index in [0.717, 1.165) is 30.9 Å². The number of rotatable bonds is 4. The maximum Gasteiger partial charge on any atom is 0.243 e. The maximum atomic E-state index is 11.8. The van der Waals surface area contributed by atoms with Crippen LogP contribution in [0.3, 0.4) is 0 Å². The van der Waals surface area contributed by atoms with E-state index in [1.807, 2.05) is 13.0 Å². The van der Waals surface area contributed by atoms with Crippen LogP contribution in [0, 0.1) is 0 Å². The monoisotopic (exact) mass is 328 g/mol. The predicted octanol–water partition coefficient (Wildman–Crippen LogP) is 2.60. The van der Waals surface area contributed by atoms with Gasteiger partial charge >= 0.3 is 0 Å². The number of benzene rings is 1. The highest BCUT2D eigenvalue weighted by molar-refractivity contribution is 5.87. The zero-order valence-corrected chi connectivity index (χ0v) is 14.0. The number of nitrogens with zero attached hydrogens (tertiary/aromatic N) is 1. The van der Waals surface area contributed by atoms with Crippen LogP contribution in [0.1, 0.15) is 38.2 Å². The highest BCUT2D eigenvalue weighted by Crippen LogP contribution is 2.38. The molecule has 2 fully saturated rings. The van der Waals surface area contributed by atoms with Crippen LogP contribution in [0.5, 0.6) is 11.5 Å². The molecule has 128 valence electrons. The summed E-state index contributed by atoms with van der Waals surface area (Å²) in [6.07, 6.45) is 7.95. The molecule has 1 aromatic carbocycles. The Kier molecular flexibility index (Phi) is 4.19. The Hall–Kier alpha value is -2.01. The lowest BCUT2D eigenvalue weighted by Crippen LogP contribution is -2.49. The number of hydrogen-bond acceptors (Lipinski definition) is 4. The van der Waals surface area contributed by atoms with E-state index in [1.165, 1.54) is 18.4 Å². The smallest absolute Gasteiger partial charge is 0.243 e. The number of piperidine rings is 1. The number of amides is 1. The first-order valence-electron chi connectivity index (χ1n) is 8.80. The maximum absolute atomic E-state index is 11.8. The highest BCUT2D eigenvalue weighted by Gasteiger charge is 2.40. The van der Waals surface area contributed by atoms with Crippen LogP contribution in [0.4, 0.5) is 0 Å². The van der Waals surface area contributed by atoms with E-state index in [9.17, 15) is 4.79 Å². The Morgan fingerprint density at radius 3 is 2.75 bits per heavy atom. The molecule has 0 aromatic heterocycles. The van der Waals surface area contributed by atoms with Crippen molar-refractivity contribution in [2.75, 3.05) is 6.79 Å². The average molecular weight is 328 g/mol. The van der Waals surface area contributed by atoms with Crippen molar-refractivity contribution >= 4 is 5.91 Å². The quantitative estimate of drug-likeness (QED) is 0.863. The number of nitrogens with one attached hydrogen (secondary N) is 1. The van der Waals surface area contributed by atoms with Gasteiger partial charge in [-0.15, -0.1) is 0 Å². The van der Waals surface area contributed by atoms with Crippen LogP contribution in [-0.4, -0.2) is 35.7 Å². The molecule has 0 saturated carbocycles. The lowest BCUT2D eigenvalue weighted by atomic mass is 9.96. The van der Waals surface area contributed by atoms with Crippen LogP contribution >= 0.6 is 0 Å². The molecule has 0 spiro atoms. The molecule has 1 N–H and O–H groups in total. The van der Waals surface area contributed by atoms with Gasteiger partial charge in [0.05, 0.1) is 0 Å². The zero-order chi connectivity index (χ0) is 16.5. The Bertz CT molecular complexity index is 644. The third kappa shape index (κ3) is 3.00. The van der Waals surface area contributed by atoms with Crippen molar-refractivity contribution in [3.63, 3.8) is 0 Å². The summed E-state index contributed by atoms with van der Waals surface area (Å²) in [6, 6.07) is 7.66. The topological polar surface area (TPSA) is 50.8 Å². The van der Waals surface area contributed by atoms with Gasteiger partial charge in [-0.2, -0.15) is 0 Å². The highest BCUT2D eigenvalue weighted by atomic mass is 16.7. The van der Waals surface area contributed by atoms with E-state index >= 15 is 0 Å². The first kappa shape index (κ1) is 15.5. The third-order valence-electron chi connectivity index (χ3n) is 5.35. The van der Waals surface area contributed by atoms with E-state index in [2.05, 4.69) is 22.3 Å². The molecule has 2 atom stereocenters. The number of carbonyl (C=O) groups is 1. The second-order valence-electron chi connectivity index (χ2n) is 6.92. The number of carbonyl (C=O) groups excluding carboxylic acids is 1. The lowest BCUT2D eigenvalue weighted by Gasteiger charge is -2.39. The van der Waals surface area contributed by atoms with Crippen LogP contribution < -0.4 is 14.8 Å². The molecule has 2 unspecified atom stereocenters. The van der Waals surface area contributed by atoms with Crippen molar-refractivity contribution < 1.29 is 14.3 Å². The second kappa shape index (κ2) is 6.48. The Morgan fingerprint density at radius 2 is 2.00 bits per heavy atom. The fourth-order valence-corrected chi connectivity index (χ4v) is 4.30. The second-order valence-corrected chi connectivity index (χ2v) is 6.92. The molecule has 0 aliphatic carbocycles. The van der Waals surface area contributed by atoms with Gasteiger partial charge in [0.2, 0.25) is 12.7 Å². The Morgan fingerprint density at radius 1 is 1.25 bits per heavy atom. The molecule has 1 aromatic rings. The molecule has 5 nitrogen and oxygen atoms in total. The fraction of sp³-hybridized carbons (Fsp3) is 0.526. The minimum Gasteiger partial charge on any atom is -0.454 e. The summed E-state index contributed by atoms with van der Waals surface area (Å²) in [5.41, 5.74) is 1.27. The van der Waals surface area contributed by atoms with Crippen LogP contribution in [-0.2, 0) is 11.3 Å². The van der Waals surface area contributed by atoms with Gasteiger partial charge in [-0.1, -0.05) is 12.1 Å². The molecular weight excluding hydrogens is 304 g/mol. The molecule has 4 rings (SSSR count). The fourth-order valence-electron chi connectivity index (χ4n) is 4.30. The molecule has 3 heterocycles. The average Bonchev–Trinajstić information content (AvgIpc) is 3.10. The van der Waals surface area contributed by atoms with Gasteiger partial charge in [-0.3, -0.25) is 9.69 Å². The number of fused-ring (bicyclic) bond motifs is 3. The Balaban J connectivity index is 1.40. The number of allylic oxidation sites excluding steroid dienone is 1. The summed E-state index contributed by atoms with van der Waals surface area (Å²) >= 11 is 0. The summed E-state index contributed by atoms with van der Waals surface area (Å²) in [7, 11) is 0. The van der Waals surface area contributed by atoms with Crippen LogP contribution in [0.2, 0.25) is 0 Å². The van der Waals surface area contributed by atoms with Gasteiger partial charge in [0.25, 0.3) is 0 Å². The van der Waals surface area contributed by atoms with E-state index in [1.54, 1.807) is 12.2 Å². The lowest BCUT2D eigenvalue weighted by molar-refractivity contribution is -0.117. The van der Waals surface area contributed by atoms with Gasteiger partial charge in [0.1, 0.15) is 0 Å². The first-order valence-corrected chi connectivity index (χ1v) is 8.80. The largest absolute Gasteiger partial charge is 0.454 e. The molecule has 5 heteroatoms. The summed E-state index contributed by atoms with van der Waals surface area (Å²) in [5.74, 6) is 1.73. The number of hydrogen-bond donors (Lipinski definition) is 1. The molecule has 3 aliphatic heterocycles. The van der Waals surface area contributed by atoms with Crippen LogP contribution in [0.15, 0.2) is 30.4 Å². The minimum absolute atomic E-state index is 0.0334. The van der Waals surface area contributed by atoms with E-state index in [0.29, 0.717) is 24.9 Å². The number of ether oxygens (including phenoxy) is 2. The van der Waals surface area contributed by atoms with Gasteiger partial charge in [0.15, 0.2) is 11.5 Å². The normalized spacial score (nSPS) is 28.5. The molecule has 2 saturated heterocycles. The summed E-state index contributed by atoms with van der Waals surface area (Å²) in [5, 5.41) is 3.15.